The number of hydrogen-bond acceptors (Lipinski definition) is 23. The number of thioether (sulfide) groups is 1. The van der Waals surface area contributed by atoms with Crippen LogP contribution in [0.4, 0.5) is 0 Å². The number of unbranched alkanes of at least 4 members (excludes halogenated alkanes) is 1. The van der Waals surface area contributed by atoms with E-state index in [1.807, 2.05) is 0 Å². The molecule has 28 N–H and O–H groups in total. The molecule has 41 heteroatoms. The largest absolute Gasteiger partial charge is 0.508 e. The van der Waals surface area contributed by atoms with Crippen molar-refractivity contribution < 1.29 is 102 Å². The molecular formula is C74H119N19O21S. The number of aliphatic hydroxyl groups excluding tert-OH is 1. The van der Waals surface area contributed by atoms with Gasteiger partial charge in [-0.15, -0.1) is 0 Å². The number of nitrogens with zero attached hydrogens (tertiary/aromatic N) is 1. The van der Waals surface area contributed by atoms with Crippen LogP contribution in [0.15, 0.2) is 53.5 Å². The molecule has 0 aliphatic carbocycles. The number of hydrogen-bond donors (Lipinski definition) is 23. The van der Waals surface area contributed by atoms with E-state index in [9.17, 15) is 102 Å². The number of primary amides is 1. The summed E-state index contributed by atoms with van der Waals surface area (Å²) in [6, 6.07) is -9.88. The smallest absolute Gasteiger partial charge is 0.325 e. The second-order valence-electron chi connectivity index (χ2n) is 28.9. The van der Waals surface area contributed by atoms with Gasteiger partial charge in [-0.1, -0.05) is 86.1 Å². The van der Waals surface area contributed by atoms with E-state index in [-0.39, 0.29) is 101 Å². The second-order valence-corrected chi connectivity index (χ2v) is 29.9. The number of aliphatic carboxylic acids is 2. The Bertz CT molecular complexity index is 3640. The third-order valence-corrected chi connectivity index (χ3v) is 18.9. The second kappa shape index (κ2) is 51.0. The Balaban J connectivity index is 2.52. The first-order valence-electron chi connectivity index (χ1n) is 37.8. The van der Waals surface area contributed by atoms with Crippen LogP contribution >= 0.6 is 11.8 Å². The summed E-state index contributed by atoms with van der Waals surface area (Å²) in [7, 11) is 0. The molecule has 14 amide bonds. The van der Waals surface area contributed by atoms with Crippen LogP contribution in [-0.2, 0) is 89.6 Å². The number of aliphatic hydroxyl groups is 1. The number of aliphatic imine (C=N–C) groups is 1. The molecule has 2 aromatic carbocycles. The van der Waals surface area contributed by atoms with E-state index in [1.165, 1.54) is 88.0 Å². The van der Waals surface area contributed by atoms with Gasteiger partial charge in [0.05, 0.1) is 19.1 Å². The lowest BCUT2D eigenvalue weighted by molar-refractivity contribution is -0.143. The fourth-order valence-corrected chi connectivity index (χ4v) is 11.6. The van der Waals surface area contributed by atoms with Crippen molar-refractivity contribution in [2.45, 2.75) is 231 Å². The highest BCUT2D eigenvalue weighted by atomic mass is 32.2. The Morgan fingerprint density at radius 3 is 1.23 bits per heavy atom. The summed E-state index contributed by atoms with van der Waals surface area (Å²) in [6.45, 7) is 14.0. The van der Waals surface area contributed by atoms with Crippen molar-refractivity contribution in [3.05, 3.63) is 59.7 Å². The van der Waals surface area contributed by atoms with Crippen molar-refractivity contribution >= 4 is 112 Å². The van der Waals surface area contributed by atoms with E-state index in [0.29, 0.717) is 17.5 Å². The van der Waals surface area contributed by atoms with Crippen LogP contribution in [0.2, 0.25) is 0 Å². The molecule has 2 rings (SSSR count). The predicted molar refractivity (Wildman–Crippen MR) is 423 cm³/mol. The van der Waals surface area contributed by atoms with Gasteiger partial charge < -0.3 is 123 Å². The van der Waals surface area contributed by atoms with Gasteiger partial charge in [-0.3, -0.25) is 81.7 Å². The van der Waals surface area contributed by atoms with Crippen LogP contribution in [0.5, 0.6) is 11.5 Å². The summed E-state index contributed by atoms with van der Waals surface area (Å²) in [6.07, 6.45) is 0.369. The molecule has 0 heterocycles. The van der Waals surface area contributed by atoms with E-state index < -0.39 is 216 Å². The van der Waals surface area contributed by atoms with Gasteiger partial charge in [-0.25, -0.2) is 0 Å². The lowest BCUT2D eigenvalue weighted by Gasteiger charge is -2.30. The molecule has 115 heavy (non-hydrogen) atoms. The Labute approximate surface area is 672 Å². The van der Waals surface area contributed by atoms with Crippen molar-refractivity contribution in [2.75, 3.05) is 31.7 Å². The monoisotopic (exact) mass is 1640 g/mol. The third-order valence-electron chi connectivity index (χ3n) is 18.3. The molecule has 0 unspecified atom stereocenters. The zero-order valence-corrected chi connectivity index (χ0v) is 67.7. The van der Waals surface area contributed by atoms with Crippen LogP contribution in [0, 0.1) is 23.7 Å². The van der Waals surface area contributed by atoms with E-state index in [0.717, 1.165) is 0 Å². The van der Waals surface area contributed by atoms with Gasteiger partial charge in [-0.2, -0.15) is 11.8 Å². The van der Waals surface area contributed by atoms with Crippen LogP contribution < -0.4 is 97.8 Å². The van der Waals surface area contributed by atoms with E-state index >= 15 is 0 Å². The SMILES string of the molecule is CC[C@H](C)[C@H](NC(=O)[C@H](CCSC)NC(=O)[C@H](CCCCN)NC(=O)[C@H](CCCN=C(N)N)NC(=O)[C@@H](NC(=O)[C@@H](NC(=O)[C@H](Cc1ccc(O)cc1)NC(=O)[C@H](CO)NC(=O)[C@H](C)NC(=O)[C@H](Cc1ccc(O)cc1)NC(=O)[C@@H](N)CCC(N)=O)C(C)C)C(C)C)C(=O)N[C@@H](CC(=O)O)C(=O)N[C@H](C(=O)N[C@@H](C)C(=O)O)C(C)C. The summed E-state index contributed by atoms with van der Waals surface area (Å²) < 4.78 is 0. The number of carboxylic acid groups (broad SMARTS) is 2. The lowest BCUT2D eigenvalue weighted by Crippen LogP contribution is -2.62. The van der Waals surface area contributed by atoms with Gasteiger partial charge in [0.25, 0.3) is 0 Å². The number of benzene rings is 2. The van der Waals surface area contributed by atoms with Crippen molar-refractivity contribution in [1.29, 1.82) is 0 Å². The first-order chi connectivity index (χ1) is 54.0. The average Bonchev–Trinajstić information content (AvgIpc) is 0.839. The van der Waals surface area contributed by atoms with Gasteiger partial charge in [0.1, 0.15) is 90.0 Å². The Morgan fingerprint density at radius 2 is 0.791 bits per heavy atom. The lowest BCUT2D eigenvalue weighted by atomic mass is 9.96. The number of guanidine groups is 1. The predicted octanol–water partition coefficient (Wildman–Crippen LogP) is -4.68. The van der Waals surface area contributed by atoms with Gasteiger partial charge >= 0.3 is 11.9 Å². The molecule has 15 atom stereocenters. The molecule has 0 aliphatic heterocycles. The van der Waals surface area contributed by atoms with Crippen molar-refractivity contribution in [1.82, 2.24) is 69.1 Å². The maximum Gasteiger partial charge on any atom is 0.325 e. The fraction of sp³-hybridized carbons (Fsp3) is 0.608. The number of aromatic hydroxyl groups is 2. The molecule has 0 radical (unpaired) electrons. The molecule has 0 aliphatic rings. The Morgan fingerprint density at radius 1 is 0.426 bits per heavy atom. The maximum absolute atomic E-state index is 14.7. The van der Waals surface area contributed by atoms with Crippen LogP contribution in [0.3, 0.4) is 0 Å². The summed E-state index contributed by atoms with van der Waals surface area (Å²) >= 11 is 1.29. The summed E-state index contributed by atoms with van der Waals surface area (Å²) in [5.74, 6) is -19.4. The number of rotatable bonds is 53. The number of phenolic OH excluding ortho intramolecular Hbond substituents is 2. The minimum Gasteiger partial charge on any atom is -0.508 e. The normalized spacial score (nSPS) is 15.1. The van der Waals surface area contributed by atoms with Crippen LogP contribution in [0.25, 0.3) is 0 Å². The van der Waals surface area contributed by atoms with E-state index in [1.54, 1.807) is 47.8 Å². The standard InChI is InChI=1S/C74H119N19O21S/c1-12-39(8)59(72(112)88-52(34-55(98)99)67(107)90-56(36(2)3)69(109)82-41(10)73(113)114)93-64(104)49(28-31-115-11)84-62(102)47(16-13-14-29-75)83-63(103)48(17-15-30-80-74(78)79)85-70(110)57(37(4)5)92-71(111)58(38(6)7)91-66(106)51(33-43-20-24-45(96)25-21-43)87-68(108)53(35-94)89-60(100)40(9)81-65(105)50(32-42-18-22-44(95)23-19-42)86-61(101)46(76)26-27-54(77)97/h18-25,36-41,46-53,56-59,94-96H,12-17,26-35,75-76H2,1-11H3,(H2,77,97)(H,81,105)(H,82,109)(H,83,103)(H,84,102)(H,85,110)(H,86,101)(H,87,108)(H,88,112)(H,89,100)(H,90,107)(H,91,106)(H,92,111)(H,93,104)(H,98,99)(H,113,114)(H4,78,79,80)/t39-,40-,41-,46-,47-,48-,49-,50-,51-,52-,53-,56-,57-,58-,59-/m0/s1. The zero-order valence-electron chi connectivity index (χ0n) is 66.8. The molecule has 0 bridgehead atoms. The maximum atomic E-state index is 14.7. The summed E-state index contributed by atoms with van der Waals surface area (Å²) in [4.78, 5) is 223. The fourth-order valence-electron chi connectivity index (χ4n) is 11.2. The molecule has 0 spiro atoms. The van der Waals surface area contributed by atoms with Crippen molar-refractivity contribution in [3.8, 4) is 11.5 Å². The first-order valence-corrected chi connectivity index (χ1v) is 39.2. The zero-order chi connectivity index (χ0) is 87.1. The van der Waals surface area contributed by atoms with Crippen LogP contribution in [-0.4, -0.2) is 242 Å². The number of nitrogens with one attached hydrogen (secondary N) is 13. The molecule has 0 aromatic heterocycles. The Kier molecular flexibility index (Phi) is 44.4. The summed E-state index contributed by atoms with van der Waals surface area (Å²) in [5, 5.41) is 82.3. The number of nitrogens with two attached hydrogens (primary N) is 5. The number of carbonyl (C=O) groups is 16. The van der Waals surface area contributed by atoms with Crippen molar-refractivity contribution in [3.63, 3.8) is 0 Å². The average molecular weight is 1640 g/mol. The minimum absolute atomic E-state index is 0.0458. The molecular weight excluding hydrogens is 1520 g/mol. The molecule has 642 valence electrons. The first kappa shape index (κ1) is 100. The molecule has 0 fully saturated rings. The van der Waals surface area contributed by atoms with Crippen molar-refractivity contribution in [2.24, 2.45) is 57.3 Å². The number of amides is 14. The molecule has 0 saturated carbocycles. The Hall–Kier alpha value is -10.9. The van der Waals surface area contributed by atoms with Gasteiger partial charge in [-0.05, 0) is 136 Å². The third kappa shape index (κ3) is 36.4. The van der Waals surface area contributed by atoms with E-state index in [2.05, 4.69) is 74.1 Å². The van der Waals surface area contributed by atoms with E-state index in [4.69, 9.17) is 28.7 Å². The highest BCUT2D eigenvalue weighted by Gasteiger charge is 2.40. The van der Waals surface area contributed by atoms with Crippen LogP contribution in [0.1, 0.15) is 145 Å². The van der Waals surface area contributed by atoms with Gasteiger partial charge in [0.2, 0.25) is 82.7 Å². The number of phenols is 2. The summed E-state index contributed by atoms with van der Waals surface area (Å²) in [5.41, 5.74) is 29.0. The minimum atomic E-state index is -1.83. The highest BCUT2D eigenvalue weighted by Crippen LogP contribution is 2.18. The molecule has 0 saturated heterocycles. The number of carbonyl (C=O) groups excluding carboxylic acids is 14. The number of carboxylic acids is 2. The topological polar surface area (TPSA) is 673 Å². The highest BCUT2D eigenvalue weighted by molar-refractivity contribution is 7.98. The molecule has 2 aromatic rings. The van der Waals surface area contributed by atoms with Gasteiger partial charge in [0.15, 0.2) is 5.96 Å². The quantitative estimate of drug-likeness (QED) is 0.0168. The molecule has 40 nitrogen and oxygen atoms in total. The van der Waals surface area contributed by atoms with Gasteiger partial charge in [0, 0.05) is 25.8 Å².